The topological polar surface area (TPSA) is 122 Å². The molecule has 1 aliphatic carbocycles. The van der Waals surface area contributed by atoms with Crippen LogP contribution in [0.25, 0.3) is 11.1 Å². The molecule has 1 fully saturated rings. The maximum Gasteiger partial charge on any atom is 0.321 e. The molecule has 0 amide bonds. The van der Waals surface area contributed by atoms with Crippen LogP contribution in [0, 0.1) is 5.92 Å². The van der Waals surface area contributed by atoms with Gasteiger partial charge in [-0.15, -0.1) is 0 Å². The summed E-state index contributed by atoms with van der Waals surface area (Å²) in [5.74, 6) is -0.884. The van der Waals surface area contributed by atoms with E-state index >= 15 is 0 Å². The van der Waals surface area contributed by atoms with Crippen molar-refractivity contribution < 1.29 is 22.8 Å². The lowest BCUT2D eigenvalue weighted by atomic mass is 10.1. The molecule has 0 aromatic carbocycles. The molecule has 0 bridgehead atoms. The van der Waals surface area contributed by atoms with Crippen molar-refractivity contribution in [3.8, 4) is 0 Å². The Morgan fingerprint density at radius 2 is 2.17 bits per heavy atom. The summed E-state index contributed by atoms with van der Waals surface area (Å²) in [4.78, 5) is 15.2. The number of fused-ring (bicyclic) bond motifs is 1. The number of carboxylic acid groups (broad SMARTS) is 1. The molecule has 3 rings (SSSR count). The first-order chi connectivity index (χ1) is 11.3. The second-order valence-electron chi connectivity index (χ2n) is 6.51. The summed E-state index contributed by atoms with van der Waals surface area (Å²) in [6.07, 6.45) is 3.34. The van der Waals surface area contributed by atoms with Crippen LogP contribution >= 0.6 is 0 Å². The van der Waals surface area contributed by atoms with Crippen LogP contribution in [-0.2, 0) is 14.8 Å². The van der Waals surface area contributed by atoms with Crippen molar-refractivity contribution in [2.45, 2.75) is 50.0 Å². The van der Waals surface area contributed by atoms with E-state index in [-0.39, 0.29) is 28.9 Å². The van der Waals surface area contributed by atoms with Crippen LogP contribution in [0.4, 0.5) is 0 Å². The monoisotopic (exact) mass is 353 g/mol. The first-order valence-electron chi connectivity index (χ1n) is 7.78. The largest absolute Gasteiger partial charge is 0.480 e. The fourth-order valence-electron chi connectivity index (χ4n) is 2.56. The molecule has 8 nitrogen and oxygen atoms in total. The van der Waals surface area contributed by atoms with Gasteiger partial charge in [0.2, 0.25) is 10.0 Å². The van der Waals surface area contributed by atoms with E-state index in [2.05, 4.69) is 14.9 Å². The number of nitrogens with one attached hydrogen (secondary N) is 1. The number of nitrogens with zero attached hydrogens (tertiary/aromatic N) is 2. The maximum atomic E-state index is 12.5. The number of pyridine rings is 1. The second-order valence-corrected chi connectivity index (χ2v) is 8.22. The number of aliphatic carboxylic acids is 1. The van der Waals surface area contributed by atoms with E-state index in [0.717, 1.165) is 19.0 Å². The molecule has 2 heterocycles. The van der Waals surface area contributed by atoms with Gasteiger partial charge < -0.3 is 9.63 Å². The van der Waals surface area contributed by atoms with Crippen LogP contribution in [0.5, 0.6) is 0 Å². The van der Waals surface area contributed by atoms with Crippen molar-refractivity contribution in [2.75, 3.05) is 0 Å². The molecule has 2 aromatic rings. The highest BCUT2D eigenvalue weighted by molar-refractivity contribution is 7.89. The average molecular weight is 353 g/mol. The van der Waals surface area contributed by atoms with E-state index in [9.17, 15) is 18.3 Å². The van der Waals surface area contributed by atoms with Gasteiger partial charge in [-0.2, -0.15) is 4.72 Å². The summed E-state index contributed by atoms with van der Waals surface area (Å²) < 4.78 is 32.4. The Morgan fingerprint density at radius 1 is 1.46 bits per heavy atom. The van der Waals surface area contributed by atoms with E-state index in [1.54, 1.807) is 0 Å². The summed E-state index contributed by atoms with van der Waals surface area (Å²) >= 11 is 0. The molecule has 0 unspecified atom stereocenters. The summed E-state index contributed by atoms with van der Waals surface area (Å²) in [6, 6.07) is 0.263. The fraction of sp³-hybridized carbons (Fsp3) is 0.533. The Bertz CT molecular complexity index is 870. The van der Waals surface area contributed by atoms with Crippen molar-refractivity contribution in [2.24, 2.45) is 5.92 Å². The number of aromatic nitrogens is 2. The number of sulfonamides is 1. The van der Waals surface area contributed by atoms with Gasteiger partial charge >= 0.3 is 5.97 Å². The van der Waals surface area contributed by atoms with Crippen molar-refractivity contribution in [3.05, 3.63) is 18.0 Å². The summed E-state index contributed by atoms with van der Waals surface area (Å²) in [5, 5.41) is 13.8. The third-order valence-electron chi connectivity index (χ3n) is 3.91. The standard InChI is InChI=1S/C15H19N3O5S/c1-8(2)5-12(15(19)20)18-24(21,22)10-6-11-13(9-3-4-9)17-23-14(11)16-7-10/h6-9,12,18H,3-5H2,1-2H3,(H,19,20)/t12-/m0/s1. The quantitative estimate of drug-likeness (QED) is 0.779. The molecule has 130 valence electrons. The third kappa shape index (κ3) is 3.41. The number of rotatable bonds is 7. The van der Waals surface area contributed by atoms with Crippen molar-refractivity contribution in [1.29, 1.82) is 0 Å². The molecule has 2 N–H and O–H groups in total. The van der Waals surface area contributed by atoms with Gasteiger partial charge in [-0.25, -0.2) is 13.4 Å². The third-order valence-corrected chi connectivity index (χ3v) is 5.35. The first-order valence-corrected chi connectivity index (χ1v) is 9.26. The molecule has 1 saturated carbocycles. The Hall–Kier alpha value is -2.00. The van der Waals surface area contributed by atoms with Gasteiger partial charge in [-0.1, -0.05) is 19.0 Å². The van der Waals surface area contributed by atoms with Gasteiger partial charge in [0.15, 0.2) is 0 Å². The van der Waals surface area contributed by atoms with E-state index < -0.39 is 22.0 Å². The molecular weight excluding hydrogens is 334 g/mol. The lowest BCUT2D eigenvalue weighted by Crippen LogP contribution is -2.41. The minimum absolute atomic E-state index is 0.0361. The highest BCUT2D eigenvalue weighted by Gasteiger charge is 2.31. The van der Waals surface area contributed by atoms with Gasteiger partial charge in [0.05, 0.1) is 17.3 Å². The van der Waals surface area contributed by atoms with Crippen LogP contribution in [0.15, 0.2) is 21.7 Å². The normalized spacial score (nSPS) is 16.6. The predicted octanol–water partition coefficient (Wildman–Crippen LogP) is 1.88. The minimum Gasteiger partial charge on any atom is -0.480 e. The van der Waals surface area contributed by atoms with E-state index in [4.69, 9.17) is 4.52 Å². The molecule has 1 atom stereocenters. The Labute approximate surface area is 139 Å². The molecule has 0 radical (unpaired) electrons. The zero-order valence-electron chi connectivity index (χ0n) is 13.4. The van der Waals surface area contributed by atoms with E-state index in [1.807, 2.05) is 13.8 Å². The lowest BCUT2D eigenvalue weighted by Gasteiger charge is -2.16. The van der Waals surface area contributed by atoms with Crippen LogP contribution < -0.4 is 4.72 Å². The average Bonchev–Trinajstić information content (AvgIpc) is 3.24. The Kier molecular flexibility index (Phi) is 4.31. The van der Waals surface area contributed by atoms with E-state index in [0.29, 0.717) is 11.1 Å². The molecule has 0 spiro atoms. The van der Waals surface area contributed by atoms with Crippen LogP contribution in [0.3, 0.4) is 0 Å². The smallest absolute Gasteiger partial charge is 0.321 e. The zero-order valence-corrected chi connectivity index (χ0v) is 14.2. The SMILES string of the molecule is CC(C)C[C@H](NS(=O)(=O)c1cnc2onc(C3CC3)c2c1)C(=O)O. The zero-order chi connectivity index (χ0) is 17.5. The molecule has 0 aliphatic heterocycles. The van der Waals surface area contributed by atoms with Gasteiger partial charge in [-0.05, 0) is 31.2 Å². The number of carboxylic acids is 1. The molecule has 1 aliphatic rings. The van der Waals surface area contributed by atoms with E-state index in [1.165, 1.54) is 6.07 Å². The molecule has 2 aromatic heterocycles. The fourth-order valence-corrected chi connectivity index (χ4v) is 3.73. The molecular formula is C15H19N3O5S. The summed E-state index contributed by atoms with van der Waals surface area (Å²) in [6.45, 7) is 3.66. The van der Waals surface area contributed by atoms with Crippen molar-refractivity contribution >= 4 is 27.1 Å². The summed E-state index contributed by atoms with van der Waals surface area (Å²) in [5.41, 5.74) is 0.999. The molecule has 24 heavy (non-hydrogen) atoms. The summed E-state index contributed by atoms with van der Waals surface area (Å²) in [7, 11) is -4.00. The Balaban J connectivity index is 1.92. The second kappa shape index (κ2) is 6.14. The van der Waals surface area contributed by atoms with Crippen LogP contribution in [0.2, 0.25) is 0 Å². The van der Waals surface area contributed by atoms with Crippen LogP contribution in [0.1, 0.15) is 44.7 Å². The number of hydrogen-bond acceptors (Lipinski definition) is 6. The van der Waals surface area contributed by atoms with Gasteiger partial charge in [0.25, 0.3) is 5.71 Å². The molecule has 0 saturated heterocycles. The highest BCUT2D eigenvalue weighted by Crippen LogP contribution is 2.42. The first kappa shape index (κ1) is 16.8. The van der Waals surface area contributed by atoms with Crippen molar-refractivity contribution in [1.82, 2.24) is 14.9 Å². The highest BCUT2D eigenvalue weighted by atomic mass is 32.2. The maximum absolute atomic E-state index is 12.5. The molecule has 9 heteroatoms. The predicted molar refractivity (Wildman–Crippen MR) is 85.0 cm³/mol. The van der Waals surface area contributed by atoms with Gasteiger partial charge in [0.1, 0.15) is 10.9 Å². The Morgan fingerprint density at radius 3 is 2.75 bits per heavy atom. The lowest BCUT2D eigenvalue weighted by molar-refractivity contribution is -0.139. The van der Waals surface area contributed by atoms with Gasteiger partial charge in [0, 0.05) is 5.92 Å². The number of hydrogen-bond donors (Lipinski definition) is 2. The van der Waals surface area contributed by atoms with Gasteiger partial charge in [-0.3, -0.25) is 4.79 Å². The minimum atomic E-state index is -4.00. The van der Waals surface area contributed by atoms with Crippen molar-refractivity contribution in [3.63, 3.8) is 0 Å². The number of carbonyl (C=O) groups is 1. The van der Waals surface area contributed by atoms with Crippen LogP contribution in [-0.4, -0.2) is 35.7 Å².